The Labute approximate surface area is 182 Å². The quantitative estimate of drug-likeness (QED) is 0.601. The molecule has 1 fully saturated rings. The lowest BCUT2D eigenvalue weighted by Gasteiger charge is -2.15. The third kappa shape index (κ3) is 3.84. The van der Waals surface area contributed by atoms with Crippen molar-refractivity contribution in [3.8, 4) is 11.5 Å². The largest absolute Gasteiger partial charge is 0.454 e. The smallest absolute Gasteiger partial charge is 0.332 e. The van der Waals surface area contributed by atoms with E-state index in [9.17, 15) is 14.4 Å². The lowest BCUT2D eigenvalue weighted by molar-refractivity contribution is -0.122. The first kappa shape index (κ1) is 20.3. The van der Waals surface area contributed by atoms with Gasteiger partial charge in [0.1, 0.15) is 6.54 Å². The molecule has 32 heavy (non-hydrogen) atoms. The number of benzene rings is 1. The van der Waals surface area contributed by atoms with Crippen LogP contribution in [0.2, 0.25) is 0 Å². The molecule has 0 aliphatic carbocycles. The van der Waals surface area contributed by atoms with E-state index in [1.807, 2.05) is 0 Å². The number of hydrogen-bond donors (Lipinski definition) is 1. The molecule has 2 aliphatic rings. The van der Waals surface area contributed by atoms with Crippen LogP contribution >= 0.6 is 0 Å². The fourth-order valence-corrected chi connectivity index (χ4v) is 3.99. The molecule has 166 valence electrons. The van der Waals surface area contributed by atoms with Gasteiger partial charge in [-0.3, -0.25) is 18.7 Å². The van der Waals surface area contributed by atoms with Gasteiger partial charge in [-0.05, 0) is 42.7 Å². The Bertz CT molecular complexity index is 1290. The molecule has 0 saturated carbocycles. The minimum absolute atomic E-state index is 0.00551. The van der Waals surface area contributed by atoms with E-state index in [-0.39, 0.29) is 37.4 Å². The highest BCUT2D eigenvalue weighted by atomic mass is 16.7. The summed E-state index contributed by atoms with van der Waals surface area (Å²) in [6.45, 7) is 1.00. The number of ether oxygens (including phenoxy) is 3. The van der Waals surface area contributed by atoms with Crippen molar-refractivity contribution in [1.82, 2.24) is 19.4 Å². The average molecular weight is 438 g/mol. The molecule has 2 aliphatic heterocycles. The highest BCUT2D eigenvalue weighted by Gasteiger charge is 2.20. The Hall–Kier alpha value is -3.66. The topological polar surface area (TPSA) is 114 Å². The molecule has 0 unspecified atom stereocenters. The molecule has 0 spiro atoms. The molecule has 0 bridgehead atoms. The third-order valence-electron chi connectivity index (χ3n) is 5.62. The van der Waals surface area contributed by atoms with Crippen LogP contribution in [0.15, 0.2) is 46.1 Å². The van der Waals surface area contributed by atoms with Crippen molar-refractivity contribution in [2.24, 2.45) is 0 Å². The number of nitrogens with zero attached hydrogens (tertiary/aromatic N) is 3. The molecule has 2 aromatic heterocycles. The van der Waals surface area contributed by atoms with Crippen LogP contribution < -0.4 is 26.0 Å². The summed E-state index contributed by atoms with van der Waals surface area (Å²) in [5, 5.41) is 2.82. The van der Waals surface area contributed by atoms with Crippen LogP contribution in [0.25, 0.3) is 11.0 Å². The van der Waals surface area contributed by atoms with Crippen LogP contribution in [0.4, 0.5) is 0 Å². The summed E-state index contributed by atoms with van der Waals surface area (Å²) in [5.41, 5.74) is 0.0364. The van der Waals surface area contributed by atoms with E-state index in [1.54, 1.807) is 30.3 Å². The Kier molecular flexibility index (Phi) is 5.36. The van der Waals surface area contributed by atoms with Gasteiger partial charge in [0.2, 0.25) is 12.7 Å². The van der Waals surface area contributed by atoms with E-state index in [1.165, 1.54) is 10.8 Å². The first-order valence-electron chi connectivity index (χ1n) is 10.5. The van der Waals surface area contributed by atoms with E-state index >= 15 is 0 Å². The van der Waals surface area contributed by atoms with Gasteiger partial charge in [-0.1, -0.05) is 6.07 Å². The van der Waals surface area contributed by atoms with E-state index in [0.717, 1.165) is 17.4 Å². The molecular weight excluding hydrogens is 416 g/mol. The van der Waals surface area contributed by atoms with Crippen LogP contribution in [-0.2, 0) is 22.6 Å². The lowest BCUT2D eigenvalue weighted by atomic mass is 10.2. The fraction of sp³-hybridized carbons (Fsp3) is 0.364. The zero-order valence-corrected chi connectivity index (χ0v) is 17.3. The Balaban J connectivity index is 1.47. The number of pyridine rings is 1. The van der Waals surface area contributed by atoms with Gasteiger partial charge in [0.05, 0.1) is 18.2 Å². The number of rotatable bonds is 6. The summed E-state index contributed by atoms with van der Waals surface area (Å²) < 4.78 is 18.6. The van der Waals surface area contributed by atoms with Crippen LogP contribution in [0.5, 0.6) is 11.5 Å². The van der Waals surface area contributed by atoms with Crippen molar-refractivity contribution in [2.45, 2.75) is 32.0 Å². The highest BCUT2D eigenvalue weighted by Crippen LogP contribution is 2.32. The molecule has 10 heteroatoms. The average Bonchev–Trinajstić information content (AvgIpc) is 3.50. The molecule has 1 N–H and O–H groups in total. The molecule has 1 saturated heterocycles. The predicted octanol–water partition coefficient (Wildman–Crippen LogP) is 0.630. The van der Waals surface area contributed by atoms with Crippen molar-refractivity contribution in [1.29, 1.82) is 0 Å². The van der Waals surface area contributed by atoms with Crippen molar-refractivity contribution in [3.05, 3.63) is 62.9 Å². The molecule has 10 nitrogen and oxygen atoms in total. The lowest BCUT2D eigenvalue weighted by Crippen LogP contribution is -2.43. The second-order valence-corrected chi connectivity index (χ2v) is 7.76. The minimum Gasteiger partial charge on any atom is -0.454 e. The Morgan fingerprint density at radius 3 is 2.88 bits per heavy atom. The van der Waals surface area contributed by atoms with Crippen molar-refractivity contribution >= 4 is 16.9 Å². The molecule has 3 aromatic rings. The third-order valence-corrected chi connectivity index (χ3v) is 5.62. The molecule has 4 heterocycles. The summed E-state index contributed by atoms with van der Waals surface area (Å²) in [6, 6.07) is 8.47. The zero-order chi connectivity index (χ0) is 22.1. The number of fused-ring (bicyclic) bond motifs is 2. The normalized spacial score (nSPS) is 17.1. The van der Waals surface area contributed by atoms with Crippen LogP contribution in [0.1, 0.15) is 18.4 Å². The van der Waals surface area contributed by atoms with Crippen LogP contribution in [0.3, 0.4) is 0 Å². The number of amides is 1. The summed E-state index contributed by atoms with van der Waals surface area (Å²) in [5.74, 6) is 0.839. The maximum atomic E-state index is 13.3. The van der Waals surface area contributed by atoms with Crippen LogP contribution in [-0.4, -0.2) is 46.1 Å². The van der Waals surface area contributed by atoms with E-state index in [0.29, 0.717) is 35.7 Å². The second kappa shape index (κ2) is 8.46. The SMILES string of the molecule is O=C(Cn1c(=O)n(Cc2ccc3c(c2)OCO3)c(=O)c2ncccc21)NC[C@H]1CCCO1. The van der Waals surface area contributed by atoms with Gasteiger partial charge in [0.25, 0.3) is 5.56 Å². The van der Waals surface area contributed by atoms with Gasteiger partial charge in [0.15, 0.2) is 17.0 Å². The fourth-order valence-electron chi connectivity index (χ4n) is 3.99. The van der Waals surface area contributed by atoms with Crippen molar-refractivity contribution in [2.75, 3.05) is 19.9 Å². The van der Waals surface area contributed by atoms with Gasteiger partial charge in [-0.2, -0.15) is 0 Å². The zero-order valence-electron chi connectivity index (χ0n) is 17.3. The summed E-state index contributed by atoms with van der Waals surface area (Å²) >= 11 is 0. The molecule has 5 rings (SSSR count). The number of nitrogens with one attached hydrogen (secondary N) is 1. The first-order valence-corrected chi connectivity index (χ1v) is 10.5. The summed E-state index contributed by atoms with van der Waals surface area (Å²) in [7, 11) is 0. The standard InChI is InChI=1S/C22H22N4O6/c27-19(24-10-15-3-2-8-30-15)12-25-16-4-1-7-23-20(16)21(28)26(22(25)29)11-14-5-6-17-18(9-14)32-13-31-17/h1,4-7,9,15H,2-3,8,10-13H2,(H,24,27)/t15-/m1/s1. The predicted molar refractivity (Wildman–Crippen MR) is 114 cm³/mol. The van der Waals surface area contributed by atoms with Crippen molar-refractivity contribution in [3.63, 3.8) is 0 Å². The van der Waals surface area contributed by atoms with Gasteiger partial charge in [0, 0.05) is 19.3 Å². The molecular formula is C22H22N4O6. The van der Waals surface area contributed by atoms with E-state index in [4.69, 9.17) is 14.2 Å². The number of carbonyl (C=O) groups excluding carboxylic acids is 1. The van der Waals surface area contributed by atoms with Gasteiger partial charge in [-0.25, -0.2) is 9.78 Å². The number of carbonyl (C=O) groups is 1. The maximum absolute atomic E-state index is 13.3. The number of aromatic nitrogens is 3. The monoisotopic (exact) mass is 438 g/mol. The highest BCUT2D eigenvalue weighted by molar-refractivity contribution is 5.79. The molecule has 1 aromatic carbocycles. The molecule has 0 radical (unpaired) electrons. The van der Waals surface area contributed by atoms with Crippen molar-refractivity contribution < 1.29 is 19.0 Å². The van der Waals surface area contributed by atoms with Crippen LogP contribution in [0, 0.1) is 0 Å². The Morgan fingerprint density at radius 2 is 2.03 bits per heavy atom. The van der Waals surface area contributed by atoms with E-state index in [2.05, 4.69) is 10.3 Å². The second-order valence-electron chi connectivity index (χ2n) is 7.76. The van der Waals surface area contributed by atoms with Gasteiger partial charge in [-0.15, -0.1) is 0 Å². The molecule has 1 amide bonds. The Morgan fingerprint density at radius 1 is 1.16 bits per heavy atom. The van der Waals surface area contributed by atoms with E-state index < -0.39 is 11.2 Å². The summed E-state index contributed by atoms with van der Waals surface area (Å²) in [4.78, 5) is 43.1. The van der Waals surface area contributed by atoms with Gasteiger partial charge >= 0.3 is 5.69 Å². The first-order chi connectivity index (χ1) is 15.6. The maximum Gasteiger partial charge on any atom is 0.332 e. The number of hydrogen-bond acceptors (Lipinski definition) is 7. The molecule has 1 atom stereocenters. The minimum atomic E-state index is -0.583. The summed E-state index contributed by atoms with van der Waals surface area (Å²) in [6.07, 6.45) is 3.35. The van der Waals surface area contributed by atoms with Gasteiger partial charge < -0.3 is 19.5 Å².